The Bertz CT molecular complexity index is 727. The van der Waals surface area contributed by atoms with Crippen molar-refractivity contribution in [2.75, 3.05) is 6.61 Å². The molecule has 0 saturated heterocycles. The van der Waals surface area contributed by atoms with Crippen molar-refractivity contribution >= 4 is 18.0 Å². The van der Waals surface area contributed by atoms with Crippen LogP contribution in [0.5, 0.6) is 0 Å². The van der Waals surface area contributed by atoms with Gasteiger partial charge in [-0.05, 0) is 36.2 Å². The van der Waals surface area contributed by atoms with Gasteiger partial charge in [0.05, 0.1) is 6.61 Å². The van der Waals surface area contributed by atoms with Gasteiger partial charge in [0.1, 0.15) is 0 Å². The fourth-order valence-corrected chi connectivity index (χ4v) is 4.56. The highest BCUT2D eigenvalue weighted by Gasteiger charge is 2.28. The summed E-state index contributed by atoms with van der Waals surface area (Å²) < 4.78 is 19.5. The quantitative estimate of drug-likeness (QED) is 0.637. The summed E-state index contributed by atoms with van der Waals surface area (Å²) in [5.74, 6) is 0. The van der Waals surface area contributed by atoms with Gasteiger partial charge in [-0.15, -0.1) is 0 Å². The lowest BCUT2D eigenvalue weighted by molar-refractivity contribution is 0.331. The number of benzene rings is 3. The highest BCUT2D eigenvalue weighted by molar-refractivity contribution is 7.74. The molecule has 0 N–H and O–H groups in total. The summed E-state index contributed by atoms with van der Waals surface area (Å²) in [5.41, 5.74) is 1.18. The maximum atomic E-state index is 13.6. The van der Waals surface area contributed by atoms with Crippen molar-refractivity contribution < 1.29 is 9.09 Å². The van der Waals surface area contributed by atoms with Gasteiger partial charge in [0.15, 0.2) is 0 Å². The summed E-state index contributed by atoms with van der Waals surface area (Å²) in [6, 6.07) is 29.0. The molecular weight excluding hydrogens is 303 g/mol. The van der Waals surface area contributed by atoms with Crippen LogP contribution in [0.15, 0.2) is 91.0 Å². The Morgan fingerprint density at radius 1 is 0.652 bits per heavy atom. The molecule has 2 nitrogen and oxygen atoms in total. The lowest BCUT2D eigenvalue weighted by atomic mass is 10.2. The fraction of sp³-hybridized carbons (Fsp3) is 0.100. The highest BCUT2D eigenvalue weighted by Crippen LogP contribution is 2.44. The van der Waals surface area contributed by atoms with Crippen LogP contribution in [0.3, 0.4) is 0 Å². The van der Waals surface area contributed by atoms with Gasteiger partial charge in [0, 0.05) is 10.6 Å². The molecule has 0 aliphatic rings. The predicted molar refractivity (Wildman–Crippen MR) is 95.9 cm³/mol. The van der Waals surface area contributed by atoms with Crippen LogP contribution in [0.1, 0.15) is 5.56 Å². The van der Waals surface area contributed by atoms with E-state index in [0.717, 1.165) is 17.0 Å². The molecule has 0 bridgehead atoms. The summed E-state index contributed by atoms with van der Waals surface area (Å²) in [6.45, 7) is 0.422. The predicted octanol–water partition coefficient (Wildman–Crippen LogP) is 4.17. The highest BCUT2D eigenvalue weighted by atomic mass is 31.2. The van der Waals surface area contributed by atoms with Crippen molar-refractivity contribution in [3.8, 4) is 0 Å². The molecule has 0 unspecified atom stereocenters. The van der Waals surface area contributed by atoms with Gasteiger partial charge < -0.3 is 4.52 Å². The van der Waals surface area contributed by atoms with Crippen LogP contribution in [0.4, 0.5) is 0 Å². The van der Waals surface area contributed by atoms with Gasteiger partial charge in [-0.2, -0.15) is 0 Å². The molecule has 0 amide bonds. The lowest BCUT2D eigenvalue weighted by Crippen LogP contribution is -2.18. The van der Waals surface area contributed by atoms with E-state index in [-0.39, 0.29) is 0 Å². The van der Waals surface area contributed by atoms with Gasteiger partial charge in [-0.3, -0.25) is 4.57 Å². The molecule has 0 radical (unpaired) electrons. The average molecular weight is 322 g/mol. The molecule has 3 heteroatoms. The van der Waals surface area contributed by atoms with Crippen molar-refractivity contribution in [1.29, 1.82) is 0 Å². The van der Waals surface area contributed by atoms with Crippen LogP contribution >= 0.6 is 7.37 Å². The maximum Gasteiger partial charge on any atom is 0.261 e. The summed E-state index contributed by atoms with van der Waals surface area (Å²) in [4.78, 5) is 0. The summed E-state index contributed by atoms with van der Waals surface area (Å²) in [5, 5.41) is 1.47. The van der Waals surface area contributed by atoms with Gasteiger partial charge in [0.25, 0.3) is 7.37 Å². The zero-order valence-electron chi connectivity index (χ0n) is 12.8. The third kappa shape index (κ3) is 3.79. The van der Waals surface area contributed by atoms with Gasteiger partial charge in [-0.25, -0.2) is 0 Å². The van der Waals surface area contributed by atoms with Crippen LogP contribution in [-0.2, 0) is 15.5 Å². The summed E-state index contributed by atoms with van der Waals surface area (Å²) in [6.07, 6.45) is 0.741. The fourth-order valence-electron chi connectivity index (χ4n) is 2.48. The second kappa shape index (κ2) is 7.41. The van der Waals surface area contributed by atoms with Crippen LogP contribution in [0.25, 0.3) is 0 Å². The third-order valence-corrected chi connectivity index (χ3v) is 6.20. The normalized spacial score (nSPS) is 11.3. The van der Waals surface area contributed by atoms with E-state index >= 15 is 0 Å². The van der Waals surface area contributed by atoms with E-state index in [9.17, 15) is 4.57 Å². The molecule has 3 aromatic carbocycles. The van der Waals surface area contributed by atoms with E-state index in [1.807, 2.05) is 78.9 Å². The average Bonchev–Trinajstić information content (AvgIpc) is 2.64. The van der Waals surface area contributed by atoms with Crippen molar-refractivity contribution in [2.24, 2.45) is 0 Å². The Hall–Kier alpha value is -2.15. The molecule has 3 rings (SSSR count). The first-order chi connectivity index (χ1) is 11.3. The Morgan fingerprint density at radius 2 is 1.09 bits per heavy atom. The number of hydrogen-bond acceptors (Lipinski definition) is 2. The van der Waals surface area contributed by atoms with Gasteiger partial charge in [0.2, 0.25) is 0 Å². The Morgan fingerprint density at radius 3 is 1.57 bits per heavy atom. The Kier molecular flexibility index (Phi) is 5.07. The van der Waals surface area contributed by atoms with E-state index < -0.39 is 7.37 Å². The first kappa shape index (κ1) is 15.7. The molecule has 0 aliphatic heterocycles. The smallest absolute Gasteiger partial charge is 0.261 e. The van der Waals surface area contributed by atoms with Crippen molar-refractivity contribution in [1.82, 2.24) is 0 Å². The number of rotatable bonds is 6. The molecule has 0 saturated carbocycles. The second-order valence-electron chi connectivity index (χ2n) is 5.29. The molecule has 0 heterocycles. The first-order valence-corrected chi connectivity index (χ1v) is 9.31. The lowest BCUT2D eigenvalue weighted by Gasteiger charge is -2.19. The van der Waals surface area contributed by atoms with Crippen molar-refractivity contribution in [2.45, 2.75) is 6.42 Å². The van der Waals surface area contributed by atoms with E-state index in [0.29, 0.717) is 6.61 Å². The second-order valence-corrected chi connectivity index (χ2v) is 7.69. The molecule has 0 atom stereocenters. The molecule has 0 fully saturated rings. The molecule has 0 spiro atoms. The number of hydrogen-bond donors (Lipinski definition) is 0. The molecule has 3 aromatic rings. The van der Waals surface area contributed by atoms with Gasteiger partial charge >= 0.3 is 0 Å². The van der Waals surface area contributed by atoms with Gasteiger partial charge in [-0.1, -0.05) is 66.7 Å². The maximum absolute atomic E-state index is 13.6. The zero-order chi connectivity index (χ0) is 16.0. The van der Waals surface area contributed by atoms with Crippen molar-refractivity contribution in [3.05, 3.63) is 96.6 Å². The van der Waals surface area contributed by atoms with E-state index in [1.165, 1.54) is 5.56 Å². The van der Waals surface area contributed by atoms with E-state index in [1.54, 1.807) is 0 Å². The van der Waals surface area contributed by atoms with Crippen LogP contribution in [-0.4, -0.2) is 6.61 Å². The first-order valence-electron chi connectivity index (χ1n) is 7.69. The Labute approximate surface area is 137 Å². The van der Waals surface area contributed by atoms with Crippen LogP contribution in [0, 0.1) is 0 Å². The van der Waals surface area contributed by atoms with Crippen LogP contribution in [0.2, 0.25) is 0 Å². The zero-order valence-corrected chi connectivity index (χ0v) is 13.7. The standard InChI is InChI=1S/C20H19O2P/c21-23(19-12-6-2-7-13-19,20-14-8-3-9-15-20)22-17-16-18-10-4-1-5-11-18/h1-15H,16-17H2. The van der Waals surface area contributed by atoms with E-state index in [2.05, 4.69) is 12.1 Å². The minimum Gasteiger partial charge on any atom is -0.322 e. The summed E-state index contributed by atoms with van der Waals surface area (Å²) >= 11 is 0. The third-order valence-electron chi connectivity index (χ3n) is 3.70. The van der Waals surface area contributed by atoms with Crippen LogP contribution < -0.4 is 10.6 Å². The minimum absolute atomic E-state index is 0.422. The largest absolute Gasteiger partial charge is 0.322 e. The molecule has 116 valence electrons. The molecule has 0 aromatic heterocycles. The molecular formula is C20H19O2P. The SMILES string of the molecule is O=P(OCCc1ccccc1)(c1ccccc1)c1ccccc1. The minimum atomic E-state index is -3.06. The molecule has 0 aliphatic carbocycles. The molecule has 23 heavy (non-hydrogen) atoms. The monoisotopic (exact) mass is 322 g/mol. The summed E-state index contributed by atoms with van der Waals surface area (Å²) in [7, 11) is -3.06. The van der Waals surface area contributed by atoms with E-state index in [4.69, 9.17) is 4.52 Å². The Balaban J connectivity index is 1.83. The van der Waals surface area contributed by atoms with Crippen molar-refractivity contribution in [3.63, 3.8) is 0 Å². The topological polar surface area (TPSA) is 26.3 Å².